The Kier molecular flexibility index (Phi) is 4.42. The molecule has 0 aliphatic carbocycles. The lowest BCUT2D eigenvalue weighted by Crippen LogP contribution is -2.47. The fraction of sp³-hybridized carbons (Fsp3) is 0.471. The molecule has 2 aromatic rings. The van der Waals surface area contributed by atoms with Crippen LogP contribution < -0.4 is 14.7 Å². The van der Waals surface area contributed by atoms with Gasteiger partial charge in [-0.2, -0.15) is 4.98 Å². The van der Waals surface area contributed by atoms with E-state index in [0.29, 0.717) is 0 Å². The van der Waals surface area contributed by atoms with Gasteiger partial charge >= 0.3 is 0 Å². The first kappa shape index (κ1) is 15.1. The average molecular weight is 326 g/mol. The average Bonchev–Trinajstić information content (AvgIpc) is 2.70. The molecular weight excluding hydrogens is 304 g/mol. The molecule has 0 bridgehead atoms. The van der Waals surface area contributed by atoms with Crippen LogP contribution in [0.3, 0.4) is 0 Å². The van der Waals surface area contributed by atoms with Gasteiger partial charge in [0.2, 0.25) is 5.95 Å². The van der Waals surface area contributed by atoms with Crippen LogP contribution in [0.25, 0.3) is 0 Å². The van der Waals surface area contributed by atoms with E-state index >= 15 is 0 Å². The number of piperazine rings is 1. The highest BCUT2D eigenvalue weighted by Gasteiger charge is 2.20. The van der Waals surface area contributed by atoms with Gasteiger partial charge in [-0.15, -0.1) is 0 Å². The molecule has 4 heterocycles. The molecule has 7 nitrogen and oxygen atoms in total. The van der Waals surface area contributed by atoms with Crippen LogP contribution in [0, 0.1) is 0 Å². The summed E-state index contributed by atoms with van der Waals surface area (Å²) in [4.78, 5) is 20.5. The monoisotopic (exact) mass is 326 g/mol. The highest BCUT2D eigenvalue weighted by Crippen LogP contribution is 2.19. The van der Waals surface area contributed by atoms with Crippen molar-refractivity contribution < 1.29 is 4.74 Å². The molecule has 0 N–H and O–H groups in total. The zero-order chi connectivity index (χ0) is 16.2. The Morgan fingerprint density at radius 3 is 2.17 bits per heavy atom. The third-order valence-corrected chi connectivity index (χ3v) is 4.50. The number of anilines is 3. The van der Waals surface area contributed by atoms with Crippen molar-refractivity contribution in [1.29, 1.82) is 0 Å². The van der Waals surface area contributed by atoms with Crippen molar-refractivity contribution in [2.45, 2.75) is 0 Å². The third kappa shape index (κ3) is 3.26. The molecule has 126 valence electrons. The minimum Gasteiger partial charge on any atom is -0.378 e. The molecule has 0 spiro atoms. The lowest BCUT2D eigenvalue weighted by Gasteiger charge is -2.36. The molecule has 0 amide bonds. The Morgan fingerprint density at radius 2 is 1.46 bits per heavy atom. The van der Waals surface area contributed by atoms with E-state index in [9.17, 15) is 0 Å². The second-order valence-corrected chi connectivity index (χ2v) is 5.98. The Balaban J connectivity index is 1.42. The molecule has 7 heteroatoms. The second-order valence-electron chi connectivity index (χ2n) is 5.98. The molecule has 2 aromatic heterocycles. The number of hydrogen-bond donors (Lipinski definition) is 0. The van der Waals surface area contributed by atoms with E-state index in [2.05, 4.69) is 30.7 Å². The second kappa shape index (κ2) is 7.00. The SMILES string of the molecule is c1ccc(N2CCN(c3ccnc(N4CCOCC4)n3)CC2)nc1. The van der Waals surface area contributed by atoms with Crippen LogP contribution in [0.1, 0.15) is 0 Å². The summed E-state index contributed by atoms with van der Waals surface area (Å²) in [6.07, 6.45) is 3.71. The van der Waals surface area contributed by atoms with Gasteiger partial charge in [-0.25, -0.2) is 9.97 Å². The standard InChI is InChI=1S/C17H22N6O/c1-2-5-18-15(3-1)21-7-9-22(10-8-21)16-4-6-19-17(20-16)23-11-13-24-14-12-23/h1-6H,7-14H2. The van der Waals surface area contributed by atoms with Crippen LogP contribution >= 0.6 is 0 Å². The molecule has 0 atom stereocenters. The highest BCUT2D eigenvalue weighted by atomic mass is 16.5. The maximum Gasteiger partial charge on any atom is 0.227 e. The van der Waals surface area contributed by atoms with E-state index in [4.69, 9.17) is 9.72 Å². The maximum atomic E-state index is 5.40. The molecule has 0 aromatic carbocycles. The van der Waals surface area contributed by atoms with Crippen molar-refractivity contribution in [2.24, 2.45) is 0 Å². The van der Waals surface area contributed by atoms with Gasteiger partial charge in [-0.3, -0.25) is 0 Å². The predicted octanol–water partition coefficient (Wildman–Crippen LogP) is 1.03. The van der Waals surface area contributed by atoms with Crippen molar-refractivity contribution in [2.75, 3.05) is 67.2 Å². The molecule has 0 unspecified atom stereocenters. The molecular formula is C17H22N6O. The first-order chi connectivity index (χ1) is 11.9. The number of ether oxygens (including phenoxy) is 1. The molecule has 0 saturated carbocycles. The molecule has 0 radical (unpaired) electrons. The zero-order valence-electron chi connectivity index (χ0n) is 13.7. The summed E-state index contributed by atoms with van der Waals surface area (Å²) < 4.78 is 5.40. The molecule has 2 aliphatic heterocycles. The van der Waals surface area contributed by atoms with E-state index in [0.717, 1.165) is 70.1 Å². The largest absolute Gasteiger partial charge is 0.378 e. The number of rotatable bonds is 3. The van der Waals surface area contributed by atoms with Gasteiger partial charge in [0.1, 0.15) is 11.6 Å². The summed E-state index contributed by atoms with van der Waals surface area (Å²) in [6.45, 7) is 6.99. The van der Waals surface area contributed by atoms with Gasteiger partial charge < -0.3 is 19.4 Å². The Hall–Kier alpha value is -2.41. The molecule has 2 aliphatic rings. The van der Waals surface area contributed by atoms with Crippen LogP contribution in [0.4, 0.5) is 17.6 Å². The van der Waals surface area contributed by atoms with Crippen LogP contribution in [-0.4, -0.2) is 67.4 Å². The third-order valence-electron chi connectivity index (χ3n) is 4.50. The van der Waals surface area contributed by atoms with Gasteiger partial charge in [0.25, 0.3) is 0 Å². The van der Waals surface area contributed by atoms with Crippen LogP contribution in [-0.2, 0) is 4.74 Å². The Bertz CT molecular complexity index is 653. The number of nitrogens with zero attached hydrogens (tertiary/aromatic N) is 6. The summed E-state index contributed by atoms with van der Waals surface area (Å²) in [5, 5.41) is 0. The highest BCUT2D eigenvalue weighted by molar-refractivity contribution is 5.47. The zero-order valence-corrected chi connectivity index (χ0v) is 13.7. The van der Waals surface area contributed by atoms with Crippen molar-refractivity contribution >= 4 is 17.6 Å². The van der Waals surface area contributed by atoms with Crippen LogP contribution in [0.15, 0.2) is 36.7 Å². The fourth-order valence-corrected chi connectivity index (χ4v) is 3.14. The van der Waals surface area contributed by atoms with E-state index in [1.54, 1.807) is 0 Å². The van der Waals surface area contributed by atoms with Gasteiger partial charge in [0.15, 0.2) is 0 Å². The predicted molar refractivity (Wildman–Crippen MR) is 93.7 cm³/mol. The van der Waals surface area contributed by atoms with Crippen molar-refractivity contribution in [3.05, 3.63) is 36.7 Å². The maximum absolute atomic E-state index is 5.40. The summed E-state index contributed by atoms with van der Waals surface area (Å²) in [5.41, 5.74) is 0. The number of aromatic nitrogens is 3. The smallest absolute Gasteiger partial charge is 0.227 e. The summed E-state index contributed by atoms with van der Waals surface area (Å²) in [6, 6.07) is 8.05. The first-order valence-electron chi connectivity index (χ1n) is 8.47. The van der Waals surface area contributed by atoms with Crippen molar-refractivity contribution in [3.63, 3.8) is 0 Å². The number of pyridine rings is 1. The van der Waals surface area contributed by atoms with Gasteiger partial charge in [-0.1, -0.05) is 6.07 Å². The van der Waals surface area contributed by atoms with E-state index in [1.165, 1.54) is 0 Å². The summed E-state index contributed by atoms with van der Waals surface area (Å²) >= 11 is 0. The van der Waals surface area contributed by atoms with Crippen LogP contribution in [0.5, 0.6) is 0 Å². The first-order valence-corrected chi connectivity index (χ1v) is 8.47. The van der Waals surface area contributed by atoms with Gasteiger partial charge in [0, 0.05) is 51.7 Å². The van der Waals surface area contributed by atoms with E-state index < -0.39 is 0 Å². The fourth-order valence-electron chi connectivity index (χ4n) is 3.14. The van der Waals surface area contributed by atoms with Gasteiger partial charge in [0.05, 0.1) is 13.2 Å². The normalized spacial score (nSPS) is 18.8. The topological polar surface area (TPSA) is 57.6 Å². The van der Waals surface area contributed by atoms with Crippen LogP contribution in [0.2, 0.25) is 0 Å². The van der Waals surface area contributed by atoms with E-state index in [-0.39, 0.29) is 0 Å². The minimum atomic E-state index is 0.746. The molecule has 2 fully saturated rings. The lowest BCUT2D eigenvalue weighted by molar-refractivity contribution is 0.122. The Morgan fingerprint density at radius 1 is 0.708 bits per heavy atom. The van der Waals surface area contributed by atoms with Crippen molar-refractivity contribution in [3.8, 4) is 0 Å². The van der Waals surface area contributed by atoms with E-state index in [1.807, 2.05) is 30.6 Å². The molecule has 24 heavy (non-hydrogen) atoms. The summed E-state index contributed by atoms with van der Waals surface area (Å²) in [5.74, 6) is 2.86. The Labute approximate surface area is 141 Å². The minimum absolute atomic E-state index is 0.746. The molecule has 4 rings (SSSR count). The summed E-state index contributed by atoms with van der Waals surface area (Å²) in [7, 11) is 0. The molecule has 2 saturated heterocycles. The van der Waals surface area contributed by atoms with Gasteiger partial charge in [-0.05, 0) is 18.2 Å². The number of morpholine rings is 1. The van der Waals surface area contributed by atoms with Crippen molar-refractivity contribution in [1.82, 2.24) is 15.0 Å². The quantitative estimate of drug-likeness (QED) is 0.835. The number of hydrogen-bond acceptors (Lipinski definition) is 7. The lowest BCUT2D eigenvalue weighted by atomic mass is 10.3.